The Balaban J connectivity index is 1.30. The van der Waals surface area contributed by atoms with Crippen LogP contribution in [0.25, 0.3) is 11.3 Å². The predicted octanol–water partition coefficient (Wildman–Crippen LogP) is 3.67. The number of carbonyl (C=O) groups excluding carboxylic acids is 1. The second kappa shape index (κ2) is 7.89. The number of benzene rings is 1. The van der Waals surface area contributed by atoms with Gasteiger partial charge in [0.05, 0.1) is 24.1 Å². The van der Waals surface area contributed by atoms with Crippen LogP contribution >= 0.6 is 0 Å². The molecule has 1 amide bonds. The van der Waals surface area contributed by atoms with Gasteiger partial charge in [-0.2, -0.15) is 5.10 Å². The molecule has 0 saturated heterocycles. The smallest absolute Gasteiger partial charge is 0.258 e. The summed E-state index contributed by atoms with van der Waals surface area (Å²) in [6.07, 6.45) is 2.48. The molecule has 0 fully saturated rings. The molecule has 1 aliphatic heterocycles. The number of carbonyl (C=O) groups is 1. The first-order valence-electron chi connectivity index (χ1n) is 10.1. The van der Waals surface area contributed by atoms with Gasteiger partial charge < -0.3 is 19.2 Å². The van der Waals surface area contributed by atoms with E-state index in [0.717, 1.165) is 40.4 Å². The Labute approximate surface area is 176 Å². The predicted molar refractivity (Wildman–Crippen MR) is 113 cm³/mol. The van der Waals surface area contributed by atoms with E-state index in [1.165, 1.54) is 0 Å². The van der Waals surface area contributed by atoms with Gasteiger partial charge >= 0.3 is 0 Å². The lowest BCUT2D eigenvalue weighted by Crippen LogP contribution is -2.32. The van der Waals surface area contributed by atoms with Crippen molar-refractivity contribution in [2.45, 2.75) is 46.3 Å². The molecular formula is C23H27N3O4. The highest BCUT2D eigenvalue weighted by atomic mass is 16.5. The summed E-state index contributed by atoms with van der Waals surface area (Å²) < 4.78 is 19.1. The van der Waals surface area contributed by atoms with Crippen molar-refractivity contribution in [3.63, 3.8) is 0 Å². The number of fused-ring (bicyclic) bond motifs is 1. The molecule has 0 saturated carbocycles. The average molecular weight is 409 g/mol. The monoisotopic (exact) mass is 409 g/mol. The highest BCUT2D eigenvalue weighted by molar-refractivity contribution is 5.77. The van der Waals surface area contributed by atoms with Crippen LogP contribution in [-0.2, 0) is 17.8 Å². The Morgan fingerprint density at radius 3 is 2.87 bits per heavy atom. The summed E-state index contributed by atoms with van der Waals surface area (Å²) >= 11 is 0. The van der Waals surface area contributed by atoms with Gasteiger partial charge in [0.1, 0.15) is 11.4 Å². The molecule has 3 heterocycles. The Morgan fingerprint density at radius 1 is 1.27 bits per heavy atom. The van der Waals surface area contributed by atoms with E-state index in [1.807, 2.05) is 62.7 Å². The second-order valence-electron chi connectivity index (χ2n) is 8.17. The van der Waals surface area contributed by atoms with Crippen LogP contribution in [0.5, 0.6) is 11.5 Å². The van der Waals surface area contributed by atoms with Gasteiger partial charge in [-0.05, 0) is 45.9 Å². The lowest BCUT2D eigenvalue weighted by Gasteiger charge is -2.18. The molecule has 158 valence electrons. The Morgan fingerprint density at radius 2 is 2.10 bits per heavy atom. The van der Waals surface area contributed by atoms with Gasteiger partial charge in [0, 0.05) is 24.2 Å². The van der Waals surface area contributed by atoms with Crippen LogP contribution in [-0.4, -0.2) is 34.4 Å². The molecular weight excluding hydrogens is 382 g/mol. The summed E-state index contributed by atoms with van der Waals surface area (Å²) in [5.41, 5.74) is 3.76. The van der Waals surface area contributed by atoms with E-state index in [0.29, 0.717) is 18.8 Å². The Kier molecular flexibility index (Phi) is 5.28. The molecule has 0 unspecified atom stereocenters. The van der Waals surface area contributed by atoms with Crippen molar-refractivity contribution in [1.29, 1.82) is 0 Å². The van der Waals surface area contributed by atoms with Crippen LogP contribution in [0.15, 0.2) is 41.0 Å². The van der Waals surface area contributed by atoms with Crippen molar-refractivity contribution in [2.75, 3.05) is 13.2 Å². The molecule has 7 heteroatoms. The number of nitrogens with one attached hydrogen (secondary N) is 1. The molecule has 30 heavy (non-hydrogen) atoms. The second-order valence-corrected chi connectivity index (χ2v) is 8.17. The van der Waals surface area contributed by atoms with Gasteiger partial charge in [-0.15, -0.1) is 0 Å². The number of aromatic nitrogens is 2. The van der Waals surface area contributed by atoms with E-state index in [9.17, 15) is 4.79 Å². The number of hydrogen-bond donors (Lipinski definition) is 1. The average Bonchev–Trinajstić information content (AvgIpc) is 3.37. The molecule has 0 atom stereocenters. The Hall–Kier alpha value is -3.22. The first-order valence-corrected chi connectivity index (χ1v) is 10.1. The summed E-state index contributed by atoms with van der Waals surface area (Å²) in [5.74, 6) is 1.96. The van der Waals surface area contributed by atoms with Crippen molar-refractivity contribution in [3.05, 3.63) is 53.5 Å². The number of ether oxygens (including phenoxy) is 2. The van der Waals surface area contributed by atoms with Gasteiger partial charge in [0.15, 0.2) is 18.1 Å². The molecule has 7 nitrogen and oxygen atoms in total. The van der Waals surface area contributed by atoms with Crippen molar-refractivity contribution in [1.82, 2.24) is 15.1 Å². The number of nitrogens with zero attached hydrogens (tertiary/aromatic N) is 2. The molecule has 4 rings (SSSR count). The number of amides is 1. The third-order valence-electron chi connectivity index (χ3n) is 5.21. The molecule has 0 radical (unpaired) electrons. The minimum atomic E-state index is -0.252. The minimum absolute atomic E-state index is 0.0605. The van der Waals surface area contributed by atoms with Crippen molar-refractivity contribution in [2.24, 2.45) is 0 Å². The molecule has 0 bridgehead atoms. The van der Waals surface area contributed by atoms with Gasteiger partial charge in [-0.3, -0.25) is 9.48 Å². The maximum absolute atomic E-state index is 12.3. The lowest BCUT2D eigenvalue weighted by atomic mass is 10.0. The minimum Gasteiger partial charge on any atom is -0.483 e. The molecule has 2 aromatic heterocycles. The zero-order chi connectivity index (χ0) is 21.3. The first-order chi connectivity index (χ1) is 14.3. The molecule has 0 spiro atoms. The van der Waals surface area contributed by atoms with Crippen LogP contribution in [0, 0.1) is 13.8 Å². The summed E-state index contributed by atoms with van der Waals surface area (Å²) in [7, 11) is 0. The summed E-state index contributed by atoms with van der Waals surface area (Å²) in [6, 6.07) is 9.57. The number of aryl methyl sites for hydroxylation is 1. The van der Waals surface area contributed by atoms with E-state index in [-0.39, 0.29) is 18.1 Å². The Bertz CT molecular complexity index is 1050. The van der Waals surface area contributed by atoms with Crippen LogP contribution in [0.2, 0.25) is 0 Å². The highest BCUT2D eigenvalue weighted by Crippen LogP contribution is 2.41. The standard InChI is InChI=1S/C23H27N3O4/c1-15-21(18-9-6-12-28-18)16(2)26(25-15)11-10-24-20(27)14-29-19-8-5-7-17-13-23(3,4)30-22(17)19/h5-9,12H,10-11,13-14H2,1-4H3,(H,24,27). The maximum atomic E-state index is 12.3. The highest BCUT2D eigenvalue weighted by Gasteiger charge is 2.32. The summed E-state index contributed by atoms with van der Waals surface area (Å²) in [6.45, 7) is 9.00. The van der Waals surface area contributed by atoms with E-state index in [2.05, 4.69) is 10.4 Å². The van der Waals surface area contributed by atoms with Crippen LogP contribution in [0.1, 0.15) is 30.8 Å². The largest absolute Gasteiger partial charge is 0.483 e. The van der Waals surface area contributed by atoms with Gasteiger partial charge in [-0.25, -0.2) is 0 Å². The molecule has 3 aromatic rings. The van der Waals surface area contributed by atoms with E-state index in [4.69, 9.17) is 13.9 Å². The van der Waals surface area contributed by atoms with E-state index in [1.54, 1.807) is 6.26 Å². The first kappa shape index (κ1) is 20.1. The van der Waals surface area contributed by atoms with Crippen molar-refractivity contribution in [3.8, 4) is 22.8 Å². The van der Waals surface area contributed by atoms with E-state index < -0.39 is 0 Å². The van der Waals surface area contributed by atoms with Gasteiger partial charge in [-0.1, -0.05) is 12.1 Å². The fourth-order valence-electron chi connectivity index (χ4n) is 3.89. The normalized spacial score (nSPS) is 14.3. The zero-order valence-electron chi connectivity index (χ0n) is 17.8. The van der Waals surface area contributed by atoms with E-state index >= 15 is 0 Å². The third-order valence-corrected chi connectivity index (χ3v) is 5.21. The number of rotatable bonds is 7. The fraction of sp³-hybridized carbons (Fsp3) is 0.391. The number of para-hydroxylation sites is 1. The summed E-state index contributed by atoms with van der Waals surface area (Å²) in [4.78, 5) is 12.3. The number of hydrogen-bond acceptors (Lipinski definition) is 5. The summed E-state index contributed by atoms with van der Waals surface area (Å²) in [5, 5.41) is 7.45. The topological polar surface area (TPSA) is 78.5 Å². The van der Waals surface area contributed by atoms with Gasteiger partial charge in [0.2, 0.25) is 0 Å². The molecule has 1 N–H and O–H groups in total. The number of furan rings is 1. The van der Waals surface area contributed by atoms with Crippen LogP contribution in [0.3, 0.4) is 0 Å². The van der Waals surface area contributed by atoms with Crippen molar-refractivity contribution < 1.29 is 18.7 Å². The van der Waals surface area contributed by atoms with Gasteiger partial charge in [0.25, 0.3) is 5.91 Å². The maximum Gasteiger partial charge on any atom is 0.258 e. The van der Waals surface area contributed by atoms with Crippen LogP contribution in [0.4, 0.5) is 0 Å². The lowest BCUT2D eigenvalue weighted by molar-refractivity contribution is -0.123. The fourth-order valence-corrected chi connectivity index (χ4v) is 3.89. The van der Waals surface area contributed by atoms with Crippen molar-refractivity contribution >= 4 is 5.91 Å². The molecule has 1 aromatic carbocycles. The third kappa shape index (κ3) is 4.06. The molecule has 0 aliphatic carbocycles. The quantitative estimate of drug-likeness (QED) is 0.644. The van der Waals surface area contributed by atoms with Crippen LogP contribution < -0.4 is 14.8 Å². The zero-order valence-corrected chi connectivity index (χ0v) is 17.8. The SMILES string of the molecule is Cc1nn(CCNC(=O)COc2cccc3c2OC(C)(C)C3)c(C)c1-c1ccco1. The molecule has 1 aliphatic rings.